The molecule has 2 unspecified atom stereocenters. The van der Waals surface area contributed by atoms with Crippen LogP contribution in [-0.4, -0.2) is 37.1 Å². The van der Waals surface area contributed by atoms with E-state index in [-0.39, 0.29) is 0 Å². The molecule has 0 amide bonds. The first-order chi connectivity index (χ1) is 9.26. The fourth-order valence-electron chi connectivity index (χ4n) is 3.26. The van der Waals surface area contributed by atoms with Crippen molar-refractivity contribution >= 4 is 0 Å². The first-order valence-corrected chi connectivity index (χ1v) is 8.72. The van der Waals surface area contributed by atoms with Crippen molar-refractivity contribution in [2.45, 2.75) is 78.2 Å². The molecule has 0 aromatic rings. The van der Waals surface area contributed by atoms with Crippen LogP contribution in [0.5, 0.6) is 0 Å². The van der Waals surface area contributed by atoms with Gasteiger partial charge in [0.15, 0.2) is 0 Å². The second-order valence-electron chi connectivity index (χ2n) is 6.42. The zero-order valence-electron chi connectivity index (χ0n) is 13.6. The molecular formula is C17H36N2. The molecule has 1 heterocycles. The number of likely N-dealkylation sites (tertiary alicyclic amines) is 1. The molecule has 1 aliphatic rings. The molecular weight excluding hydrogens is 232 g/mol. The molecule has 2 atom stereocenters. The van der Waals surface area contributed by atoms with Gasteiger partial charge in [0.1, 0.15) is 0 Å². The molecule has 1 fully saturated rings. The summed E-state index contributed by atoms with van der Waals surface area (Å²) in [4.78, 5) is 2.71. The predicted octanol–water partition coefficient (Wildman–Crippen LogP) is 4.06. The highest BCUT2D eigenvalue weighted by molar-refractivity contribution is 4.71. The minimum atomic E-state index is 0.694. The van der Waals surface area contributed by atoms with Gasteiger partial charge in [0.05, 0.1) is 0 Å². The van der Waals surface area contributed by atoms with Crippen LogP contribution in [0.25, 0.3) is 0 Å². The highest BCUT2D eigenvalue weighted by atomic mass is 15.1. The Morgan fingerprint density at radius 3 is 2.74 bits per heavy atom. The second kappa shape index (κ2) is 10.7. The average molecular weight is 268 g/mol. The van der Waals surface area contributed by atoms with Gasteiger partial charge in [0, 0.05) is 6.04 Å². The Morgan fingerprint density at radius 2 is 2.00 bits per heavy atom. The van der Waals surface area contributed by atoms with E-state index < -0.39 is 0 Å². The highest BCUT2D eigenvalue weighted by Crippen LogP contribution is 2.22. The molecule has 1 saturated heterocycles. The van der Waals surface area contributed by atoms with Gasteiger partial charge in [-0.2, -0.15) is 0 Å². The number of hydrogen-bond acceptors (Lipinski definition) is 2. The Balaban J connectivity index is 2.09. The van der Waals surface area contributed by atoms with Gasteiger partial charge in [-0.05, 0) is 77.5 Å². The van der Waals surface area contributed by atoms with E-state index in [1.54, 1.807) is 0 Å². The SMILES string of the molecule is CCCNC(C)CCCN1CCCC(CCC)CC1. The molecule has 0 aromatic heterocycles. The highest BCUT2D eigenvalue weighted by Gasteiger charge is 2.16. The van der Waals surface area contributed by atoms with Crippen molar-refractivity contribution in [2.24, 2.45) is 5.92 Å². The Kier molecular flexibility index (Phi) is 9.54. The molecule has 1 rings (SSSR count). The molecule has 0 aromatic carbocycles. The van der Waals surface area contributed by atoms with E-state index >= 15 is 0 Å². The van der Waals surface area contributed by atoms with Crippen LogP contribution in [0.15, 0.2) is 0 Å². The fourth-order valence-corrected chi connectivity index (χ4v) is 3.26. The first kappa shape index (κ1) is 17.0. The summed E-state index contributed by atoms with van der Waals surface area (Å²) in [7, 11) is 0. The molecule has 2 nitrogen and oxygen atoms in total. The number of rotatable bonds is 9. The molecule has 0 saturated carbocycles. The molecule has 1 N–H and O–H groups in total. The lowest BCUT2D eigenvalue weighted by atomic mass is 9.96. The summed E-state index contributed by atoms with van der Waals surface area (Å²) in [6.07, 6.45) is 11.1. The van der Waals surface area contributed by atoms with Gasteiger partial charge >= 0.3 is 0 Å². The van der Waals surface area contributed by atoms with Crippen LogP contribution in [0.2, 0.25) is 0 Å². The van der Waals surface area contributed by atoms with Gasteiger partial charge in [-0.3, -0.25) is 0 Å². The van der Waals surface area contributed by atoms with E-state index in [1.807, 2.05) is 0 Å². The summed E-state index contributed by atoms with van der Waals surface area (Å²) in [6.45, 7) is 12.1. The van der Waals surface area contributed by atoms with Crippen molar-refractivity contribution in [3.8, 4) is 0 Å². The summed E-state index contributed by atoms with van der Waals surface area (Å²) < 4.78 is 0. The summed E-state index contributed by atoms with van der Waals surface area (Å²) in [6, 6.07) is 0.694. The van der Waals surface area contributed by atoms with Gasteiger partial charge in [-0.1, -0.05) is 26.7 Å². The maximum Gasteiger partial charge on any atom is 0.00391 e. The van der Waals surface area contributed by atoms with Gasteiger partial charge in [0.2, 0.25) is 0 Å². The zero-order chi connectivity index (χ0) is 13.9. The Labute approximate surface area is 121 Å². The minimum Gasteiger partial charge on any atom is -0.314 e. The maximum atomic E-state index is 3.59. The lowest BCUT2D eigenvalue weighted by Crippen LogP contribution is -2.30. The van der Waals surface area contributed by atoms with Crippen molar-refractivity contribution in [1.82, 2.24) is 10.2 Å². The lowest BCUT2D eigenvalue weighted by molar-refractivity contribution is 0.269. The third-order valence-electron chi connectivity index (χ3n) is 4.49. The second-order valence-corrected chi connectivity index (χ2v) is 6.42. The van der Waals surface area contributed by atoms with Crippen LogP contribution in [0, 0.1) is 5.92 Å². The summed E-state index contributed by atoms with van der Waals surface area (Å²) in [5.74, 6) is 1.01. The largest absolute Gasteiger partial charge is 0.314 e. The normalized spacial score (nSPS) is 23.2. The van der Waals surface area contributed by atoms with Crippen LogP contribution in [0.1, 0.15) is 72.1 Å². The quantitative estimate of drug-likeness (QED) is 0.678. The van der Waals surface area contributed by atoms with Crippen LogP contribution in [-0.2, 0) is 0 Å². The molecule has 19 heavy (non-hydrogen) atoms. The number of hydrogen-bond donors (Lipinski definition) is 1. The summed E-state index contributed by atoms with van der Waals surface area (Å²) >= 11 is 0. The predicted molar refractivity (Wildman–Crippen MR) is 85.7 cm³/mol. The van der Waals surface area contributed by atoms with E-state index in [0.29, 0.717) is 6.04 Å². The molecule has 114 valence electrons. The standard InChI is InChI=1S/C17H36N2/c1-4-8-17-10-7-14-19(15-11-17)13-6-9-16(3)18-12-5-2/h16-18H,4-15H2,1-3H3. The van der Waals surface area contributed by atoms with E-state index in [0.717, 1.165) is 5.92 Å². The topological polar surface area (TPSA) is 15.3 Å². The Bertz CT molecular complexity index is 205. The van der Waals surface area contributed by atoms with Crippen molar-refractivity contribution in [1.29, 1.82) is 0 Å². The van der Waals surface area contributed by atoms with E-state index in [4.69, 9.17) is 0 Å². The van der Waals surface area contributed by atoms with Gasteiger partial charge in [-0.25, -0.2) is 0 Å². The lowest BCUT2D eigenvalue weighted by Gasteiger charge is -2.21. The molecule has 0 radical (unpaired) electrons. The van der Waals surface area contributed by atoms with E-state index in [9.17, 15) is 0 Å². The van der Waals surface area contributed by atoms with Crippen molar-refractivity contribution in [3.63, 3.8) is 0 Å². The third kappa shape index (κ3) is 7.94. The number of nitrogens with zero attached hydrogens (tertiary/aromatic N) is 1. The maximum absolute atomic E-state index is 3.59. The van der Waals surface area contributed by atoms with Gasteiger partial charge in [-0.15, -0.1) is 0 Å². The van der Waals surface area contributed by atoms with Crippen LogP contribution in [0.4, 0.5) is 0 Å². The summed E-state index contributed by atoms with van der Waals surface area (Å²) in [5, 5.41) is 3.59. The van der Waals surface area contributed by atoms with Crippen LogP contribution in [0.3, 0.4) is 0 Å². The Hall–Kier alpha value is -0.0800. The molecule has 0 aliphatic carbocycles. The fraction of sp³-hybridized carbons (Fsp3) is 1.00. The van der Waals surface area contributed by atoms with Crippen LogP contribution >= 0.6 is 0 Å². The molecule has 1 aliphatic heterocycles. The molecule has 0 spiro atoms. The molecule has 0 bridgehead atoms. The van der Waals surface area contributed by atoms with Gasteiger partial charge in [0.25, 0.3) is 0 Å². The first-order valence-electron chi connectivity index (χ1n) is 8.72. The summed E-state index contributed by atoms with van der Waals surface area (Å²) in [5.41, 5.74) is 0. The van der Waals surface area contributed by atoms with E-state index in [1.165, 1.54) is 77.5 Å². The third-order valence-corrected chi connectivity index (χ3v) is 4.49. The smallest absolute Gasteiger partial charge is 0.00391 e. The van der Waals surface area contributed by atoms with Crippen molar-refractivity contribution < 1.29 is 0 Å². The monoisotopic (exact) mass is 268 g/mol. The minimum absolute atomic E-state index is 0.694. The zero-order valence-corrected chi connectivity index (χ0v) is 13.6. The average Bonchev–Trinajstić information content (AvgIpc) is 2.63. The number of nitrogens with one attached hydrogen (secondary N) is 1. The van der Waals surface area contributed by atoms with Crippen molar-refractivity contribution in [3.05, 3.63) is 0 Å². The Morgan fingerprint density at radius 1 is 1.16 bits per heavy atom. The van der Waals surface area contributed by atoms with Gasteiger partial charge < -0.3 is 10.2 Å². The van der Waals surface area contributed by atoms with E-state index in [2.05, 4.69) is 31.0 Å². The molecule has 2 heteroatoms. The van der Waals surface area contributed by atoms with Crippen LogP contribution < -0.4 is 5.32 Å². The van der Waals surface area contributed by atoms with Crippen molar-refractivity contribution in [2.75, 3.05) is 26.2 Å².